The largest absolute Gasteiger partial charge is 0.645 e. The monoisotopic (exact) mass is 260 g/mol. The molecule has 0 aromatic heterocycles. The third-order valence-electron chi connectivity index (χ3n) is 1.25. The van der Waals surface area contributed by atoms with Gasteiger partial charge in [-0.1, -0.05) is 0 Å². The molecule has 0 fully saturated rings. The Hall–Kier alpha value is -1.15. The van der Waals surface area contributed by atoms with Gasteiger partial charge in [-0.2, -0.15) is 4.57 Å². The van der Waals surface area contributed by atoms with E-state index in [1.165, 1.54) is 18.8 Å². The normalized spacial score (nSPS) is 10.0. The number of rotatable bonds is 6. The van der Waals surface area contributed by atoms with Gasteiger partial charge in [-0.15, -0.1) is 0 Å². The Kier molecular flexibility index (Phi) is 6.74. The maximum absolute atomic E-state index is 12.1. The average Bonchev–Trinajstić information content (AvgIpc) is 2.21. The minimum atomic E-state index is -3.61. The summed E-state index contributed by atoms with van der Waals surface area (Å²) in [7, 11) is -3.61. The first-order valence-electron chi connectivity index (χ1n) is 5.30. The Morgan fingerprint density at radius 2 is 0.941 bits per heavy atom. The van der Waals surface area contributed by atoms with Gasteiger partial charge in [0.1, 0.15) is 0 Å². The second-order valence-corrected chi connectivity index (χ2v) is 5.88. The van der Waals surface area contributed by atoms with Crippen LogP contribution in [0.25, 0.3) is 0 Å². The van der Waals surface area contributed by atoms with E-state index in [0.717, 1.165) is 16.7 Å². The minimum absolute atomic E-state index is 0.867. The first kappa shape index (κ1) is 15.9. The molecule has 0 aliphatic rings. The van der Waals surface area contributed by atoms with Crippen molar-refractivity contribution in [2.45, 2.75) is 41.5 Å². The van der Waals surface area contributed by atoms with Crippen molar-refractivity contribution < 1.29 is 18.1 Å². The highest BCUT2D eigenvalue weighted by Crippen LogP contribution is 2.51. The zero-order chi connectivity index (χ0) is 13.5. The first-order chi connectivity index (χ1) is 7.75. The van der Waals surface area contributed by atoms with E-state index in [1.807, 2.05) is 41.5 Å². The van der Waals surface area contributed by atoms with Gasteiger partial charge >= 0.3 is 7.82 Å². The van der Waals surface area contributed by atoms with Crippen molar-refractivity contribution in [2.24, 2.45) is 0 Å². The van der Waals surface area contributed by atoms with Crippen LogP contribution in [0, 0.1) is 0 Å². The quantitative estimate of drug-likeness (QED) is 0.502. The van der Waals surface area contributed by atoms with Gasteiger partial charge in [-0.25, -0.2) is 0 Å². The highest BCUT2D eigenvalue weighted by atomic mass is 31.2. The summed E-state index contributed by atoms with van der Waals surface area (Å²) in [4.78, 5) is 0. The Bertz CT molecular complexity index is 311. The fourth-order valence-electron chi connectivity index (χ4n) is 0.584. The van der Waals surface area contributed by atoms with Crippen molar-refractivity contribution in [1.82, 2.24) is 0 Å². The second kappa shape index (κ2) is 7.23. The van der Waals surface area contributed by atoms with E-state index in [2.05, 4.69) is 0 Å². The van der Waals surface area contributed by atoms with Crippen LogP contribution in [0.4, 0.5) is 0 Å². The van der Waals surface area contributed by atoms with Crippen molar-refractivity contribution in [1.29, 1.82) is 0 Å². The molecule has 0 aliphatic carbocycles. The molecule has 0 aliphatic heterocycles. The molecule has 0 N–H and O–H groups in total. The van der Waals surface area contributed by atoms with Crippen LogP contribution < -0.4 is 0 Å². The predicted molar refractivity (Wildman–Crippen MR) is 69.2 cm³/mol. The lowest BCUT2D eigenvalue weighted by Crippen LogP contribution is -1.90. The lowest BCUT2D eigenvalue weighted by Gasteiger charge is -2.14. The highest BCUT2D eigenvalue weighted by molar-refractivity contribution is 7.48. The van der Waals surface area contributed by atoms with Gasteiger partial charge < -0.3 is 13.6 Å². The van der Waals surface area contributed by atoms with Crippen molar-refractivity contribution in [3.05, 3.63) is 35.5 Å². The number of phosphoric acid groups is 1. The van der Waals surface area contributed by atoms with Gasteiger partial charge in [0.05, 0.1) is 18.8 Å². The summed E-state index contributed by atoms with van der Waals surface area (Å²) in [5, 5.41) is 0. The van der Waals surface area contributed by atoms with Crippen LogP contribution in [0.15, 0.2) is 35.5 Å². The summed E-state index contributed by atoms with van der Waals surface area (Å²) < 4.78 is 27.3. The highest BCUT2D eigenvalue weighted by Gasteiger charge is 2.27. The third-order valence-corrected chi connectivity index (χ3v) is 2.34. The number of hydrogen-bond acceptors (Lipinski definition) is 4. The van der Waals surface area contributed by atoms with Crippen molar-refractivity contribution in [3.8, 4) is 0 Å². The first-order valence-corrected chi connectivity index (χ1v) is 6.76. The van der Waals surface area contributed by atoms with Crippen LogP contribution in [0.5, 0.6) is 0 Å². The fraction of sp³-hybridized carbons (Fsp3) is 0.500. The summed E-state index contributed by atoms with van der Waals surface area (Å²) in [5.74, 6) is 0. The molecule has 0 bridgehead atoms. The third kappa shape index (κ3) is 8.64. The molecule has 17 heavy (non-hydrogen) atoms. The fourth-order valence-corrected chi connectivity index (χ4v) is 1.75. The number of allylic oxidation sites excluding steroid dienone is 3. The van der Waals surface area contributed by atoms with Gasteiger partial charge in [0, 0.05) is 0 Å². The van der Waals surface area contributed by atoms with Crippen LogP contribution in [0.2, 0.25) is 0 Å². The van der Waals surface area contributed by atoms with Crippen molar-refractivity contribution >= 4 is 7.82 Å². The van der Waals surface area contributed by atoms with E-state index in [9.17, 15) is 4.57 Å². The van der Waals surface area contributed by atoms with E-state index in [0.29, 0.717) is 0 Å². The van der Waals surface area contributed by atoms with Crippen LogP contribution in [-0.4, -0.2) is 0 Å². The van der Waals surface area contributed by atoms with Gasteiger partial charge in [-0.05, 0) is 58.3 Å². The molecular weight excluding hydrogens is 239 g/mol. The van der Waals surface area contributed by atoms with E-state index < -0.39 is 7.82 Å². The SMILES string of the molecule is CC(C)=COP(=O)(OC=C(C)C)OC=C(C)C. The molecule has 0 radical (unpaired) electrons. The Balaban J connectivity index is 4.81. The predicted octanol–water partition coefficient (Wildman–Crippen LogP) is 4.92. The molecule has 0 amide bonds. The summed E-state index contributed by atoms with van der Waals surface area (Å²) >= 11 is 0. The van der Waals surface area contributed by atoms with Crippen LogP contribution >= 0.6 is 7.82 Å². The standard InChI is InChI=1S/C12H21O4P/c1-10(2)7-14-17(13,15-8-11(3)4)16-9-12(5)6/h7-9H,1-6H3. The molecular formula is C12H21O4P. The minimum Gasteiger partial charge on any atom is -0.394 e. The molecule has 4 nitrogen and oxygen atoms in total. The molecule has 0 spiro atoms. The summed E-state index contributed by atoms with van der Waals surface area (Å²) in [5.41, 5.74) is 2.60. The second-order valence-electron chi connectivity index (χ2n) is 4.35. The molecule has 98 valence electrons. The zero-order valence-electron chi connectivity index (χ0n) is 11.3. The molecule has 0 unspecified atom stereocenters. The van der Waals surface area contributed by atoms with Crippen LogP contribution in [-0.2, 0) is 18.1 Å². The maximum atomic E-state index is 12.1. The molecule has 0 aromatic carbocycles. The van der Waals surface area contributed by atoms with Crippen LogP contribution in [0.3, 0.4) is 0 Å². The lowest BCUT2D eigenvalue weighted by atomic mass is 10.4. The molecule has 5 heteroatoms. The van der Waals surface area contributed by atoms with E-state index >= 15 is 0 Å². The van der Waals surface area contributed by atoms with Crippen molar-refractivity contribution in [3.63, 3.8) is 0 Å². The molecule has 0 saturated heterocycles. The zero-order valence-corrected chi connectivity index (χ0v) is 12.2. The lowest BCUT2D eigenvalue weighted by molar-refractivity contribution is 0.227. The smallest absolute Gasteiger partial charge is 0.394 e. The van der Waals surface area contributed by atoms with Gasteiger partial charge in [0.15, 0.2) is 0 Å². The van der Waals surface area contributed by atoms with E-state index in [4.69, 9.17) is 13.6 Å². The summed E-state index contributed by atoms with van der Waals surface area (Å²) in [6.07, 6.45) is 4.08. The van der Waals surface area contributed by atoms with Gasteiger partial charge in [0.25, 0.3) is 0 Å². The maximum Gasteiger partial charge on any atom is 0.645 e. The Morgan fingerprint density at radius 1 is 0.706 bits per heavy atom. The van der Waals surface area contributed by atoms with Gasteiger partial charge in [0.2, 0.25) is 0 Å². The molecule has 0 rings (SSSR count). The topological polar surface area (TPSA) is 44.8 Å². The molecule has 0 saturated carbocycles. The Morgan fingerprint density at radius 3 is 1.12 bits per heavy atom. The van der Waals surface area contributed by atoms with Gasteiger partial charge in [-0.3, -0.25) is 0 Å². The number of phosphoric ester groups is 1. The van der Waals surface area contributed by atoms with Crippen molar-refractivity contribution in [2.75, 3.05) is 0 Å². The van der Waals surface area contributed by atoms with E-state index in [-0.39, 0.29) is 0 Å². The average molecular weight is 260 g/mol. The molecule has 0 atom stereocenters. The van der Waals surface area contributed by atoms with E-state index in [1.54, 1.807) is 0 Å². The van der Waals surface area contributed by atoms with Crippen LogP contribution in [0.1, 0.15) is 41.5 Å². The Labute approximate surface area is 104 Å². The summed E-state index contributed by atoms with van der Waals surface area (Å²) in [6.45, 7) is 11.0. The molecule has 0 heterocycles. The number of hydrogen-bond donors (Lipinski definition) is 0. The summed E-state index contributed by atoms with van der Waals surface area (Å²) in [6, 6.07) is 0. The molecule has 0 aromatic rings.